The van der Waals surface area contributed by atoms with Crippen molar-refractivity contribution in [2.75, 3.05) is 6.61 Å². The first kappa shape index (κ1) is 65.8. The third kappa shape index (κ3) is 13.7. The fraction of sp³-hybridized carbons (Fsp3) is 0.367. The number of nitrogens with one attached hydrogen (secondary N) is 4. The average molecular weight is 1290 g/mol. The highest BCUT2D eigenvalue weighted by Gasteiger charge is 2.47. The quantitative estimate of drug-likeness (QED) is 0.0944. The Hall–Kier alpha value is -8.68. The van der Waals surface area contributed by atoms with Gasteiger partial charge >= 0.3 is 5.97 Å². The molecule has 30 heteroatoms. The van der Waals surface area contributed by atoms with Gasteiger partial charge in [-0.3, -0.25) is 33.6 Å². The van der Waals surface area contributed by atoms with Gasteiger partial charge in [0.2, 0.25) is 41.6 Å². The summed E-state index contributed by atoms with van der Waals surface area (Å²) in [6.07, 6.45) is -16.8. The molecule has 6 aliphatic heterocycles. The van der Waals surface area contributed by atoms with Crippen LogP contribution in [0.15, 0.2) is 78.9 Å². The van der Waals surface area contributed by atoms with Crippen LogP contribution in [0.1, 0.15) is 97.6 Å². The van der Waals surface area contributed by atoms with E-state index < -0.39 is 214 Å². The smallest absolute Gasteiger partial charge is 0.330 e. The summed E-state index contributed by atoms with van der Waals surface area (Å²) in [7, 11) is 0. The minimum Gasteiger partial charge on any atom is -0.508 e. The molecule has 5 aromatic carbocycles. The van der Waals surface area contributed by atoms with E-state index in [-0.39, 0.29) is 51.1 Å². The molecule has 1 saturated heterocycles. The van der Waals surface area contributed by atoms with Gasteiger partial charge in [0.15, 0.2) is 29.1 Å². The Morgan fingerprint density at radius 2 is 1.32 bits per heavy atom. The van der Waals surface area contributed by atoms with Gasteiger partial charge in [0.25, 0.3) is 0 Å². The molecule has 0 saturated carbocycles. The molecular formula is C60H62Cl2N6O22. The van der Waals surface area contributed by atoms with Crippen molar-refractivity contribution in [1.82, 2.24) is 21.3 Å². The van der Waals surface area contributed by atoms with Crippen LogP contribution in [0.4, 0.5) is 0 Å². The third-order valence-corrected chi connectivity index (χ3v) is 16.3. The standard InChI is InChI=1S/C60H62Cl2N6O22/c1-21(2)9-33(63)57(83)67-47-36(73)13-26(16-43(64)75)55(81)65-45-25-14-40(87-38-7-4-23(49(47)76)11-31(38)61)54(90-60-53(80)52(79)51(78)42(20-69)89-60)41(15-25)88-39-8-5-24(12-32(39)62)50(77)48-58(84)66-46(59(85)86)30-17-27(70)18-35(72)44(30)29-10-22(3-6-34(29)71)28(19-37(45)74)56(82)68-48/h3-8,10-12,14-15,17-18,21,26,28,33,42,45-53,60,69-72,76-80H,9,13,16,19-20,63H2,1-2H3,(H2,64,75)(H,65,81)(H,66,84)(H,67,83)(H,68,82)(H,85,86)/t26-,28+,33+,42?,45+,46-,47-,48-,49+,50+,51?,52?,53?,60?/m0/s1. The van der Waals surface area contributed by atoms with Crippen molar-refractivity contribution in [2.45, 2.75) is 119 Å². The Kier molecular flexibility index (Phi) is 19.6. The van der Waals surface area contributed by atoms with E-state index in [1.165, 1.54) is 12.1 Å². The number of aliphatic carboxylic acids is 1. The number of aliphatic hydroxyl groups is 6. The fourth-order valence-corrected chi connectivity index (χ4v) is 11.5. The van der Waals surface area contributed by atoms with Gasteiger partial charge in [0, 0.05) is 42.0 Å². The van der Waals surface area contributed by atoms with Gasteiger partial charge in [-0.1, -0.05) is 55.2 Å². The van der Waals surface area contributed by atoms with E-state index in [0.29, 0.717) is 0 Å². The van der Waals surface area contributed by atoms with Crippen LogP contribution in [-0.2, 0) is 43.1 Å². The van der Waals surface area contributed by atoms with E-state index >= 15 is 14.4 Å². The molecule has 0 radical (unpaired) electrons. The summed E-state index contributed by atoms with van der Waals surface area (Å²) >= 11 is 13.8. The number of carboxylic acid groups (broad SMARTS) is 1. The lowest BCUT2D eigenvalue weighted by molar-refractivity contribution is -0.277. The van der Waals surface area contributed by atoms with Crippen LogP contribution >= 0.6 is 23.2 Å². The van der Waals surface area contributed by atoms with Gasteiger partial charge in [-0.15, -0.1) is 0 Å². The molecule has 0 aliphatic carbocycles. The summed E-state index contributed by atoms with van der Waals surface area (Å²) in [5.41, 5.74) is 9.48. The largest absolute Gasteiger partial charge is 0.508 e. The highest BCUT2D eigenvalue weighted by molar-refractivity contribution is 6.32. The molecule has 28 nitrogen and oxygen atoms in total. The van der Waals surface area contributed by atoms with Gasteiger partial charge in [-0.2, -0.15) is 0 Å². The highest BCUT2D eigenvalue weighted by atomic mass is 35.5. The number of amides is 5. The van der Waals surface area contributed by atoms with Gasteiger partial charge < -0.3 is 103 Å². The van der Waals surface area contributed by atoms with E-state index in [1.54, 1.807) is 13.8 Å². The maximum atomic E-state index is 15.9. The number of rotatable bonds is 10. The van der Waals surface area contributed by atoms with Crippen molar-refractivity contribution >= 4 is 70.3 Å². The first-order valence-electron chi connectivity index (χ1n) is 27.9. The molecule has 5 aromatic rings. The lowest BCUT2D eigenvalue weighted by Gasteiger charge is -2.39. The minimum atomic E-state index is -2.22. The van der Waals surface area contributed by atoms with Crippen molar-refractivity contribution in [3.63, 3.8) is 0 Å². The molecule has 90 heavy (non-hydrogen) atoms. The number of phenols is 3. The molecule has 11 bridgehead atoms. The van der Waals surface area contributed by atoms with Gasteiger partial charge in [-0.05, 0) is 89.2 Å². The van der Waals surface area contributed by atoms with E-state index in [2.05, 4.69) is 21.3 Å². The van der Waals surface area contributed by atoms with Crippen molar-refractivity contribution in [1.29, 1.82) is 0 Å². The van der Waals surface area contributed by atoms with Crippen LogP contribution in [0.5, 0.6) is 46.0 Å². The Morgan fingerprint density at radius 3 is 1.91 bits per heavy atom. The Balaban J connectivity index is 1.32. The number of carbonyl (C=O) groups is 8. The monoisotopic (exact) mass is 1290 g/mol. The minimum absolute atomic E-state index is 0.113. The Bertz CT molecular complexity index is 3700. The topological polar surface area (TPSA) is 476 Å². The van der Waals surface area contributed by atoms with E-state index in [1.807, 2.05) is 0 Å². The first-order chi connectivity index (χ1) is 42.5. The maximum Gasteiger partial charge on any atom is 0.330 e. The molecule has 11 rings (SSSR count). The summed E-state index contributed by atoms with van der Waals surface area (Å²) in [6.45, 7) is 2.61. The zero-order valence-corrected chi connectivity index (χ0v) is 49.0. The normalized spacial score (nSPS) is 26.6. The second-order valence-corrected chi connectivity index (χ2v) is 23.3. The molecule has 1 fully saturated rings. The van der Waals surface area contributed by atoms with Gasteiger partial charge in [0.05, 0.1) is 34.5 Å². The number of halogens is 2. The lowest BCUT2D eigenvalue weighted by atomic mass is 9.84. The van der Waals surface area contributed by atoms with E-state index in [0.717, 1.165) is 66.7 Å². The summed E-state index contributed by atoms with van der Waals surface area (Å²) in [6, 6.07) is 4.12. The number of hydrogen-bond donors (Lipinski definition) is 16. The molecule has 6 heterocycles. The van der Waals surface area contributed by atoms with Crippen LogP contribution in [0, 0.1) is 11.8 Å². The highest BCUT2D eigenvalue weighted by Crippen LogP contribution is 2.50. The zero-order valence-electron chi connectivity index (χ0n) is 47.5. The number of ether oxygens (including phenoxy) is 4. The molecule has 6 aliphatic rings. The van der Waals surface area contributed by atoms with E-state index in [4.69, 9.17) is 53.6 Å². The van der Waals surface area contributed by atoms with Crippen molar-refractivity contribution in [3.05, 3.63) is 117 Å². The number of fused-ring (bicyclic) bond motifs is 15. The fourth-order valence-electron chi connectivity index (χ4n) is 11.0. The number of hydrogen-bond acceptors (Lipinski definition) is 22. The summed E-state index contributed by atoms with van der Waals surface area (Å²) in [4.78, 5) is 115. The van der Waals surface area contributed by atoms with Crippen LogP contribution in [0.25, 0.3) is 11.1 Å². The number of benzene rings is 5. The van der Waals surface area contributed by atoms with Crippen molar-refractivity contribution < 1.29 is 108 Å². The number of nitrogens with two attached hydrogens (primary N) is 2. The van der Waals surface area contributed by atoms with Crippen LogP contribution in [0.3, 0.4) is 0 Å². The Labute approximate surface area is 520 Å². The second kappa shape index (κ2) is 26.8. The van der Waals surface area contributed by atoms with Gasteiger partial charge in [0.1, 0.15) is 83.5 Å². The molecule has 5 unspecified atom stereocenters. The summed E-state index contributed by atoms with van der Waals surface area (Å²) in [5.74, 6) is -18.7. The zero-order chi connectivity index (χ0) is 65.5. The van der Waals surface area contributed by atoms with Gasteiger partial charge in [-0.25, -0.2) is 4.79 Å². The SMILES string of the molecule is CC(C)C[C@@H](N)C(=O)N[C@H]1C(=O)C[C@@H](CC(N)=O)C(=O)N[C@H]2C(=O)C[C@H]3C(=O)N[C@H](C(=O)N[C@H](C(=O)O)c4cc(O)cc(O)c4-c4cc3ccc4O)[C@H](O)c3ccc(c(Cl)c3)Oc3cc2cc(c3OC2OC(CO)C(O)C(O)C2O)Oc2ccc(cc2Cl)[C@H]1O. The lowest BCUT2D eigenvalue weighted by Crippen LogP contribution is -2.60. The second-order valence-electron chi connectivity index (χ2n) is 22.5. The number of Topliss-reactive ketones (excluding diaryl/α,β-unsaturated/α-hetero) is 2. The first-order valence-corrected chi connectivity index (χ1v) is 28.7. The molecule has 5 amide bonds. The molecule has 0 spiro atoms. The third-order valence-electron chi connectivity index (χ3n) is 15.7. The number of aliphatic hydroxyl groups excluding tert-OH is 6. The number of ketones is 2. The number of phenolic OH excluding ortho intramolecular Hbond substituents is 3. The molecular weight excluding hydrogens is 1230 g/mol. The Morgan fingerprint density at radius 1 is 0.700 bits per heavy atom. The summed E-state index contributed by atoms with van der Waals surface area (Å²) in [5, 5.41) is 121. The van der Waals surface area contributed by atoms with Crippen LogP contribution in [0.2, 0.25) is 10.0 Å². The van der Waals surface area contributed by atoms with Crippen molar-refractivity contribution in [3.8, 4) is 57.1 Å². The van der Waals surface area contributed by atoms with Crippen LogP contribution in [-0.4, -0.2) is 154 Å². The van der Waals surface area contributed by atoms with E-state index in [9.17, 15) is 75.0 Å². The number of carbonyl (C=O) groups excluding carboxylic acids is 7. The maximum absolute atomic E-state index is 15.9. The molecule has 18 N–H and O–H groups in total. The number of carboxylic acids is 1. The summed E-state index contributed by atoms with van der Waals surface area (Å²) < 4.78 is 24.9. The van der Waals surface area contributed by atoms with Crippen LogP contribution < -0.4 is 46.9 Å². The molecule has 0 aromatic heterocycles. The predicted molar refractivity (Wildman–Crippen MR) is 311 cm³/mol. The number of primary amides is 1. The average Bonchev–Trinajstić information content (AvgIpc) is 1.21. The molecule has 14 atom stereocenters. The molecule has 478 valence electrons. The predicted octanol–water partition coefficient (Wildman–Crippen LogP) is 1.58. The van der Waals surface area contributed by atoms with Crippen molar-refractivity contribution in [2.24, 2.45) is 23.3 Å². The number of aromatic hydroxyl groups is 3.